The fraction of sp³-hybridized carbons (Fsp3) is 0.133. The molecule has 0 bridgehead atoms. The van der Waals surface area contributed by atoms with Crippen LogP contribution in [-0.4, -0.2) is 4.98 Å². The van der Waals surface area contributed by atoms with E-state index in [1.54, 1.807) is 22.7 Å². The first-order valence-corrected chi connectivity index (χ1v) is 7.82. The van der Waals surface area contributed by atoms with Crippen LogP contribution >= 0.6 is 22.7 Å². The van der Waals surface area contributed by atoms with Crippen molar-refractivity contribution in [2.75, 3.05) is 5.32 Å². The maximum absolute atomic E-state index is 4.62. The lowest BCUT2D eigenvalue weighted by Gasteiger charge is -2.05. The van der Waals surface area contributed by atoms with Gasteiger partial charge in [0, 0.05) is 11.1 Å². The Morgan fingerprint density at radius 3 is 2.68 bits per heavy atom. The molecule has 0 unspecified atom stereocenters. The minimum atomic E-state index is 0.937. The van der Waals surface area contributed by atoms with E-state index >= 15 is 0 Å². The monoisotopic (exact) mass is 286 g/mol. The van der Waals surface area contributed by atoms with Gasteiger partial charge in [-0.05, 0) is 48.6 Å². The third-order valence-corrected chi connectivity index (χ3v) is 4.69. The molecule has 4 heteroatoms. The van der Waals surface area contributed by atoms with E-state index in [0.717, 1.165) is 16.5 Å². The van der Waals surface area contributed by atoms with Crippen LogP contribution < -0.4 is 5.32 Å². The molecule has 1 aromatic carbocycles. The zero-order valence-electron chi connectivity index (χ0n) is 10.8. The Kier molecular flexibility index (Phi) is 3.36. The summed E-state index contributed by atoms with van der Waals surface area (Å²) in [6.07, 6.45) is 0. The standard InChI is InChI=1S/C15H14N2S2/c1-10-5-6-12(8-11(10)2)16-15-17-13(9-19-15)14-4-3-7-18-14/h3-9H,1-2H3,(H,16,17). The molecule has 2 nitrogen and oxygen atoms in total. The minimum Gasteiger partial charge on any atom is -0.332 e. The summed E-state index contributed by atoms with van der Waals surface area (Å²) in [5, 5.41) is 8.47. The first-order valence-electron chi connectivity index (χ1n) is 6.06. The molecular formula is C15H14N2S2. The molecule has 0 amide bonds. The highest BCUT2D eigenvalue weighted by Gasteiger charge is 2.05. The van der Waals surface area contributed by atoms with Crippen molar-refractivity contribution in [2.24, 2.45) is 0 Å². The summed E-state index contributed by atoms with van der Waals surface area (Å²) in [6.45, 7) is 4.25. The molecule has 0 spiro atoms. The van der Waals surface area contributed by atoms with E-state index in [9.17, 15) is 0 Å². The molecule has 0 atom stereocenters. The highest BCUT2D eigenvalue weighted by atomic mass is 32.1. The summed E-state index contributed by atoms with van der Waals surface area (Å²) in [7, 11) is 0. The Bertz CT molecular complexity index is 684. The van der Waals surface area contributed by atoms with Crippen LogP contribution in [0.2, 0.25) is 0 Å². The highest BCUT2D eigenvalue weighted by Crippen LogP contribution is 2.30. The minimum absolute atomic E-state index is 0.937. The molecule has 3 rings (SSSR count). The quantitative estimate of drug-likeness (QED) is 0.713. The molecule has 0 aliphatic rings. The number of aromatic nitrogens is 1. The van der Waals surface area contributed by atoms with E-state index in [4.69, 9.17) is 0 Å². The molecule has 19 heavy (non-hydrogen) atoms. The molecule has 1 N–H and O–H groups in total. The van der Waals surface area contributed by atoms with Gasteiger partial charge in [0.25, 0.3) is 0 Å². The average Bonchev–Trinajstić information content (AvgIpc) is 3.04. The first kappa shape index (κ1) is 12.4. The molecule has 96 valence electrons. The van der Waals surface area contributed by atoms with Crippen molar-refractivity contribution in [3.05, 3.63) is 52.2 Å². The Morgan fingerprint density at radius 2 is 1.95 bits per heavy atom. The predicted molar refractivity (Wildman–Crippen MR) is 84.6 cm³/mol. The third-order valence-electron chi connectivity index (χ3n) is 3.04. The van der Waals surface area contributed by atoms with Crippen molar-refractivity contribution < 1.29 is 0 Å². The Morgan fingerprint density at radius 1 is 1.05 bits per heavy atom. The van der Waals surface area contributed by atoms with Crippen LogP contribution in [0.5, 0.6) is 0 Å². The Hall–Kier alpha value is -1.65. The normalized spacial score (nSPS) is 10.6. The summed E-state index contributed by atoms with van der Waals surface area (Å²) < 4.78 is 0. The SMILES string of the molecule is Cc1ccc(Nc2nc(-c3cccs3)cs2)cc1C. The highest BCUT2D eigenvalue weighted by molar-refractivity contribution is 7.16. The number of hydrogen-bond donors (Lipinski definition) is 1. The summed E-state index contributed by atoms with van der Waals surface area (Å²) in [6, 6.07) is 10.5. The summed E-state index contributed by atoms with van der Waals surface area (Å²) >= 11 is 3.35. The lowest BCUT2D eigenvalue weighted by Crippen LogP contribution is -1.91. The van der Waals surface area contributed by atoms with Gasteiger partial charge in [0.1, 0.15) is 0 Å². The number of rotatable bonds is 3. The van der Waals surface area contributed by atoms with Crippen LogP contribution in [0.4, 0.5) is 10.8 Å². The van der Waals surface area contributed by atoms with Crippen molar-refractivity contribution in [2.45, 2.75) is 13.8 Å². The maximum Gasteiger partial charge on any atom is 0.187 e. The molecule has 2 heterocycles. The lowest BCUT2D eigenvalue weighted by atomic mass is 10.1. The van der Waals surface area contributed by atoms with Gasteiger partial charge < -0.3 is 5.32 Å². The van der Waals surface area contributed by atoms with Gasteiger partial charge in [-0.3, -0.25) is 0 Å². The van der Waals surface area contributed by atoms with Crippen molar-refractivity contribution in [3.8, 4) is 10.6 Å². The second-order valence-corrected chi connectivity index (χ2v) is 6.25. The second kappa shape index (κ2) is 5.15. The molecule has 0 saturated carbocycles. The average molecular weight is 286 g/mol. The van der Waals surface area contributed by atoms with Crippen LogP contribution in [0.3, 0.4) is 0 Å². The fourth-order valence-electron chi connectivity index (χ4n) is 1.81. The number of nitrogens with zero attached hydrogens (tertiary/aromatic N) is 1. The van der Waals surface area contributed by atoms with E-state index in [2.05, 4.69) is 65.2 Å². The van der Waals surface area contributed by atoms with E-state index in [1.165, 1.54) is 16.0 Å². The summed E-state index contributed by atoms with van der Waals surface area (Å²) in [5.41, 5.74) is 4.74. The van der Waals surface area contributed by atoms with Crippen molar-refractivity contribution in [1.82, 2.24) is 4.98 Å². The number of thiazole rings is 1. The number of aryl methyl sites for hydroxylation is 2. The van der Waals surface area contributed by atoms with E-state index in [1.807, 2.05) is 0 Å². The van der Waals surface area contributed by atoms with Crippen LogP contribution in [-0.2, 0) is 0 Å². The number of thiophene rings is 1. The van der Waals surface area contributed by atoms with Gasteiger partial charge in [-0.25, -0.2) is 4.98 Å². The molecule has 0 fully saturated rings. The molecule has 0 aliphatic carbocycles. The molecule has 0 radical (unpaired) electrons. The maximum atomic E-state index is 4.62. The van der Waals surface area contributed by atoms with Crippen LogP contribution in [0.15, 0.2) is 41.1 Å². The number of nitrogens with one attached hydrogen (secondary N) is 1. The molecule has 0 saturated heterocycles. The summed E-state index contributed by atoms with van der Waals surface area (Å²) in [4.78, 5) is 5.83. The van der Waals surface area contributed by atoms with Gasteiger partial charge in [-0.1, -0.05) is 12.1 Å². The lowest BCUT2D eigenvalue weighted by molar-refractivity contribution is 1.33. The second-order valence-electron chi connectivity index (χ2n) is 4.44. The van der Waals surface area contributed by atoms with E-state index in [0.29, 0.717) is 0 Å². The van der Waals surface area contributed by atoms with Gasteiger partial charge in [0.05, 0.1) is 10.6 Å². The van der Waals surface area contributed by atoms with Gasteiger partial charge in [-0.2, -0.15) is 0 Å². The fourth-order valence-corrected chi connectivity index (χ4v) is 3.30. The molecule has 2 aromatic heterocycles. The van der Waals surface area contributed by atoms with E-state index < -0.39 is 0 Å². The molecule has 0 aliphatic heterocycles. The van der Waals surface area contributed by atoms with Crippen molar-refractivity contribution in [3.63, 3.8) is 0 Å². The van der Waals surface area contributed by atoms with Crippen LogP contribution in [0, 0.1) is 13.8 Å². The summed E-state index contributed by atoms with van der Waals surface area (Å²) in [5.74, 6) is 0. The van der Waals surface area contributed by atoms with Crippen molar-refractivity contribution >= 4 is 33.5 Å². The largest absolute Gasteiger partial charge is 0.332 e. The zero-order valence-corrected chi connectivity index (χ0v) is 12.4. The van der Waals surface area contributed by atoms with Crippen LogP contribution in [0.25, 0.3) is 10.6 Å². The van der Waals surface area contributed by atoms with Gasteiger partial charge in [-0.15, -0.1) is 22.7 Å². The van der Waals surface area contributed by atoms with Crippen molar-refractivity contribution in [1.29, 1.82) is 0 Å². The predicted octanol–water partition coefficient (Wildman–Crippen LogP) is 5.23. The molecular weight excluding hydrogens is 272 g/mol. The first-order chi connectivity index (χ1) is 9.22. The Balaban J connectivity index is 1.82. The molecule has 3 aromatic rings. The number of benzene rings is 1. The Labute approximate surface area is 120 Å². The number of hydrogen-bond acceptors (Lipinski definition) is 4. The smallest absolute Gasteiger partial charge is 0.187 e. The van der Waals surface area contributed by atoms with Gasteiger partial charge in [0.15, 0.2) is 5.13 Å². The van der Waals surface area contributed by atoms with Gasteiger partial charge in [0.2, 0.25) is 0 Å². The number of anilines is 2. The third kappa shape index (κ3) is 2.69. The van der Waals surface area contributed by atoms with Gasteiger partial charge >= 0.3 is 0 Å². The zero-order chi connectivity index (χ0) is 13.2. The van der Waals surface area contributed by atoms with E-state index in [-0.39, 0.29) is 0 Å². The topological polar surface area (TPSA) is 24.9 Å². The van der Waals surface area contributed by atoms with Crippen LogP contribution in [0.1, 0.15) is 11.1 Å².